The van der Waals surface area contributed by atoms with Crippen LogP contribution in [0.3, 0.4) is 0 Å². The Bertz CT molecular complexity index is 419. The highest BCUT2D eigenvalue weighted by atomic mass is 16.5. The molecule has 118 valence electrons. The summed E-state index contributed by atoms with van der Waals surface area (Å²) in [7, 11) is 1.67. The van der Waals surface area contributed by atoms with Crippen LogP contribution >= 0.6 is 0 Å². The van der Waals surface area contributed by atoms with Crippen LogP contribution in [0.5, 0.6) is 0 Å². The lowest BCUT2D eigenvalue weighted by molar-refractivity contribution is 0.177. The van der Waals surface area contributed by atoms with Crippen LogP contribution in [0, 0.1) is 0 Å². The van der Waals surface area contributed by atoms with Gasteiger partial charge in [0.05, 0.1) is 0 Å². The van der Waals surface area contributed by atoms with Crippen LogP contribution in [0.1, 0.15) is 26.6 Å². The van der Waals surface area contributed by atoms with Crippen molar-refractivity contribution < 1.29 is 4.74 Å². The minimum absolute atomic E-state index is 0.443. The number of hydrogen-bond donors (Lipinski definition) is 1. The van der Waals surface area contributed by atoms with Gasteiger partial charge < -0.3 is 15.0 Å². The van der Waals surface area contributed by atoms with Crippen LogP contribution < -0.4 is 10.2 Å². The summed E-state index contributed by atoms with van der Waals surface area (Å²) in [5, 5.41) is 3.27. The molecule has 0 aromatic carbocycles. The number of hydrogen-bond acceptors (Lipinski definition) is 6. The van der Waals surface area contributed by atoms with Crippen LogP contribution in [0.4, 0.5) is 11.6 Å². The molecule has 1 aliphatic rings. The van der Waals surface area contributed by atoms with Gasteiger partial charge >= 0.3 is 0 Å². The number of piperazine rings is 1. The van der Waals surface area contributed by atoms with Gasteiger partial charge in [0.1, 0.15) is 18.2 Å². The molecule has 1 aliphatic heterocycles. The Morgan fingerprint density at radius 2 is 1.95 bits per heavy atom. The second kappa shape index (κ2) is 7.56. The fourth-order valence-corrected chi connectivity index (χ4v) is 2.58. The highest BCUT2D eigenvalue weighted by Crippen LogP contribution is 2.19. The number of rotatable bonds is 6. The average Bonchev–Trinajstić information content (AvgIpc) is 2.48. The number of ether oxygens (including phenoxy) is 1. The van der Waals surface area contributed by atoms with Gasteiger partial charge in [-0.15, -0.1) is 0 Å². The van der Waals surface area contributed by atoms with E-state index in [0.717, 1.165) is 50.2 Å². The molecule has 1 saturated heterocycles. The highest BCUT2D eigenvalue weighted by molar-refractivity contribution is 5.49. The molecule has 0 bridgehead atoms. The largest absolute Gasteiger partial charge is 0.377 e. The predicted molar refractivity (Wildman–Crippen MR) is 85.8 cm³/mol. The number of anilines is 2. The number of nitrogens with one attached hydrogen (secondary N) is 1. The summed E-state index contributed by atoms with van der Waals surface area (Å²) in [6.45, 7) is 12.0. The van der Waals surface area contributed by atoms with Gasteiger partial charge in [-0.1, -0.05) is 0 Å². The van der Waals surface area contributed by atoms with Gasteiger partial charge in [0.25, 0.3) is 0 Å². The fourth-order valence-electron chi connectivity index (χ4n) is 2.58. The monoisotopic (exact) mass is 293 g/mol. The first-order valence-electron chi connectivity index (χ1n) is 7.73. The van der Waals surface area contributed by atoms with E-state index in [2.05, 4.69) is 45.9 Å². The van der Waals surface area contributed by atoms with Gasteiger partial charge in [-0.3, -0.25) is 4.90 Å². The Labute approximate surface area is 127 Å². The molecule has 1 fully saturated rings. The summed E-state index contributed by atoms with van der Waals surface area (Å²) < 4.78 is 5.17. The van der Waals surface area contributed by atoms with Crippen LogP contribution in [0.15, 0.2) is 6.07 Å². The summed E-state index contributed by atoms with van der Waals surface area (Å²) >= 11 is 0. The van der Waals surface area contributed by atoms with Crippen LogP contribution in [0.25, 0.3) is 0 Å². The van der Waals surface area contributed by atoms with Crippen molar-refractivity contribution >= 4 is 11.6 Å². The van der Waals surface area contributed by atoms with E-state index in [4.69, 9.17) is 4.74 Å². The summed E-state index contributed by atoms with van der Waals surface area (Å²) in [4.78, 5) is 13.9. The van der Waals surface area contributed by atoms with Crippen LogP contribution in [0.2, 0.25) is 0 Å². The first-order valence-corrected chi connectivity index (χ1v) is 7.73. The maximum Gasteiger partial charge on any atom is 0.158 e. The lowest BCUT2D eigenvalue weighted by Gasteiger charge is -2.37. The van der Waals surface area contributed by atoms with Crippen molar-refractivity contribution in [1.29, 1.82) is 0 Å². The van der Waals surface area contributed by atoms with E-state index in [1.807, 2.05) is 6.07 Å². The molecule has 0 unspecified atom stereocenters. The highest BCUT2D eigenvalue weighted by Gasteiger charge is 2.20. The van der Waals surface area contributed by atoms with E-state index in [1.54, 1.807) is 7.11 Å². The van der Waals surface area contributed by atoms with Gasteiger partial charge in [-0.05, 0) is 20.8 Å². The Hall–Kier alpha value is -1.40. The molecule has 0 spiro atoms. The molecule has 1 N–H and O–H groups in total. The topological polar surface area (TPSA) is 53.5 Å². The Balaban J connectivity index is 2.11. The fraction of sp³-hybridized carbons (Fsp3) is 0.733. The molecule has 6 heteroatoms. The maximum absolute atomic E-state index is 5.17. The zero-order valence-corrected chi connectivity index (χ0v) is 13.6. The smallest absolute Gasteiger partial charge is 0.158 e. The number of aromatic nitrogens is 2. The minimum Gasteiger partial charge on any atom is -0.377 e. The molecule has 2 heterocycles. The lowest BCUT2D eigenvalue weighted by atomic mass is 10.2. The second-order valence-electron chi connectivity index (χ2n) is 5.61. The molecule has 2 rings (SSSR count). The van der Waals surface area contributed by atoms with Crippen molar-refractivity contribution in [1.82, 2.24) is 14.9 Å². The molecule has 0 atom stereocenters. The van der Waals surface area contributed by atoms with E-state index in [0.29, 0.717) is 12.6 Å². The zero-order chi connectivity index (χ0) is 15.2. The lowest BCUT2D eigenvalue weighted by Crippen LogP contribution is -2.49. The third-order valence-electron chi connectivity index (χ3n) is 3.76. The summed E-state index contributed by atoms with van der Waals surface area (Å²) in [5.41, 5.74) is 0. The Morgan fingerprint density at radius 3 is 2.52 bits per heavy atom. The molecular formula is C15H27N5O. The standard InChI is InChI=1S/C15H27N5O/c1-5-16-13-10-15(18-14(17-13)11-21-4)20-8-6-19(7-9-20)12(2)3/h10,12H,5-9,11H2,1-4H3,(H,16,17,18). The van der Waals surface area contributed by atoms with Crippen molar-refractivity contribution in [2.75, 3.05) is 50.1 Å². The molecule has 1 aromatic heterocycles. The third kappa shape index (κ3) is 4.28. The van der Waals surface area contributed by atoms with Gasteiger partial charge in [0.15, 0.2) is 5.82 Å². The summed E-state index contributed by atoms with van der Waals surface area (Å²) in [6.07, 6.45) is 0. The van der Waals surface area contributed by atoms with Crippen LogP contribution in [-0.4, -0.2) is 60.7 Å². The normalized spacial score (nSPS) is 16.5. The third-order valence-corrected chi connectivity index (χ3v) is 3.76. The molecule has 0 aliphatic carbocycles. The summed E-state index contributed by atoms with van der Waals surface area (Å²) in [5.74, 6) is 2.61. The van der Waals surface area contributed by atoms with Crippen LogP contribution in [-0.2, 0) is 11.3 Å². The average molecular weight is 293 g/mol. The summed E-state index contributed by atoms with van der Waals surface area (Å²) in [6, 6.07) is 2.65. The van der Waals surface area contributed by atoms with Gasteiger partial charge in [-0.2, -0.15) is 0 Å². The van der Waals surface area contributed by atoms with Crippen molar-refractivity contribution in [2.24, 2.45) is 0 Å². The molecule has 21 heavy (non-hydrogen) atoms. The minimum atomic E-state index is 0.443. The molecule has 6 nitrogen and oxygen atoms in total. The van der Waals surface area contributed by atoms with Crippen molar-refractivity contribution in [3.8, 4) is 0 Å². The van der Waals surface area contributed by atoms with Crippen molar-refractivity contribution in [3.63, 3.8) is 0 Å². The van der Waals surface area contributed by atoms with Crippen molar-refractivity contribution in [2.45, 2.75) is 33.4 Å². The molecule has 0 saturated carbocycles. The second-order valence-corrected chi connectivity index (χ2v) is 5.61. The van der Waals surface area contributed by atoms with Gasteiger partial charge in [0.2, 0.25) is 0 Å². The van der Waals surface area contributed by atoms with E-state index in [9.17, 15) is 0 Å². The van der Waals surface area contributed by atoms with E-state index < -0.39 is 0 Å². The van der Waals surface area contributed by atoms with E-state index in [1.165, 1.54) is 0 Å². The quantitative estimate of drug-likeness (QED) is 0.859. The SMILES string of the molecule is CCNc1cc(N2CCN(C(C)C)CC2)nc(COC)n1. The number of methoxy groups -OCH3 is 1. The predicted octanol–water partition coefficient (Wildman–Crippen LogP) is 1.59. The zero-order valence-electron chi connectivity index (χ0n) is 13.6. The Kier molecular flexibility index (Phi) is 5.76. The Morgan fingerprint density at radius 1 is 1.24 bits per heavy atom. The number of nitrogens with zero attached hydrogens (tertiary/aromatic N) is 4. The first kappa shape index (κ1) is 16.0. The van der Waals surface area contributed by atoms with E-state index >= 15 is 0 Å². The molecular weight excluding hydrogens is 266 g/mol. The van der Waals surface area contributed by atoms with Crippen molar-refractivity contribution in [3.05, 3.63) is 11.9 Å². The van der Waals surface area contributed by atoms with Gasteiger partial charge in [0, 0.05) is 51.9 Å². The van der Waals surface area contributed by atoms with E-state index in [-0.39, 0.29) is 0 Å². The molecule has 0 amide bonds. The maximum atomic E-state index is 5.17. The first-order chi connectivity index (χ1) is 10.1. The molecule has 0 radical (unpaired) electrons. The molecule has 1 aromatic rings. The van der Waals surface area contributed by atoms with Gasteiger partial charge in [-0.25, -0.2) is 9.97 Å².